The molecule has 23 heavy (non-hydrogen) atoms. The summed E-state index contributed by atoms with van der Waals surface area (Å²) in [4.78, 5) is 1.94. The number of benzene rings is 2. The molecule has 2 N–H and O–H groups in total. The number of primary sulfonamides is 1. The third-order valence-electron chi connectivity index (χ3n) is 3.80. The molecule has 0 saturated carbocycles. The van der Waals surface area contributed by atoms with Crippen LogP contribution in [0.3, 0.4) is 0 Å². The first-order valence-electron chi connectivity index (χ1n) is 6.96. The van der Waals surface area contributed by atoms with Crippen molar-refractivity contribution in [2.24, 2.45) is 5.14 Å². The quantitative estimate of drug-likeness (QED) is 0.893. The largest absolute Gasteiger partial charge is 0.295 e. The van der Waals surface area contributed by atoms with Crippen molar-refractivity contribution in [1.82, 2.24) is 4.90 Å². The second-order valence-corrected chi connectivity index (χ2v) is 7.38. The summed E-state index contributed by atoms with van der Waals surface area (Å²) in [6.45, 7) is 2.20. The molecule has 0 heterocycles. The molecule has 0 amide bonds. The highest BCUT2D eigenvalue weighted by Crippen LogP contribution is 2.26. The number of sulfonamides is 1. The number of halogens is 2. The molecule has 0 bridgehead atoms. The number of nitrogens with two attached hydrogens (primary N) is 1. The van der Waals surface area contributed by atoms with Crippen molar-refractivity contribution >= 4 is 21.6 Å². The zero-order valence-electron chi connectivity index (χ0n) is 12.8. The van der Waals surface area contributed by atoms with Gasteiger partial charge in [0.1, 0.15) is 5.82 Å². The van der Waals surface area contributed by atoms with E-state index in [1.807, 2.05) is 18.9 Å². The van der Waals surface area contributed by atoms with Gasteiger partial charge in [0, 0.05) is 23.2 Å². The molecule has 7 heteroatoms. The number of rotatable bonds is 5. The van der Waals surface area contributed by atoms with Gasteiger partial charge >= 0.3 is 0 Å². The van der Waals surface area contributed by atoms with Gasteiger partial charge in [-0.2, -0.15) is 0 Å². The average Bonchev–Trinajstić information content (AvgIpc) is 2.49. The van der Waals surface area contributed by atoms with Crippen LogP contribution in [0.2, 0.25) is 5.02 Å². The molecule has 0 aliphatic carbocycles. The molecular formula is C16H18ClFN2O2S. The Morgan fingerprint density at radius 1 is 1.26 bits per heavy atom. The van der Waals surface area contributed by atoms with E-state index in [4.69, 9.17) is 16.7 Å². The topological polar surface area (TPSA) is 63.4 Å². The maximum atomic E-state index is 13.9. The number of nitrogens with zero attached hydrogens (tertiary/aromatic N) is 1. The van der Waals surface area contributed by atoms with Crippen molar-refractivity contribution in [3.8, 4) is 0 Å². The fraction of sp³-hybridized carbons (Fsp3) is 0.250. The minimum absolute atomic E-state index is 0.0548. The molecule has 1 atom stereocenters. The molecule has 2 rings (SSSR count). The van der Waals surface area contributed by atoms with E-state index >= 15 is 0 Å². The second kappa shape index (κ2) is 6.97. The summed E-state index contributed by atoms with van der Waals surface area (Å²) >= 11 is 6.05. The normalized spacial score (nSPS) is 13.3. The molecule has 0 saturated heterocycles. The van der Waals surface area contributed by atoms with Gasteiger partial charge in [0.15, 0.2) is 0 Å². The summed E-state index contributed by atoms with van der Waals surface area (Å²) in [6.07, 6.45) is 0. The molecule has 0 radical (unpaired) electrons. The number of hydrogen-bond donors (Lipinski definition) is 1. The van der Waals surface area contributed by atoms with Gasteiger partial charge in [0.2, 0.25) is 10.0 Å². The van der Waals surface area contributed by atoms with Crippen LogP contribution in [0.4, 0.5) is 4.39 Å². The van der Waals surface area contributed by atoms with Gasteiger partial charge in [-0.3, -0.25) is 4.90 Å². The molecule has 124 valence electrons. The summed E-state index contributed by atoms with van der Waals surface area (Å²) in [5.41, 5.74) is 1.18. The standard InChI is InChI=1S/C16H18ClFN2O2S/c1-11(12-5-3-6-13(9-12)23(19,21)22)20(2)10-14-15(17)7-4-8-16(14)18/h3-9,11H,10H2,1-2H3,(H2,19,21,22). The molecule has 0 aromatic heterocycles. The highest BCUT2D eigenvalue weighted by atomic mass is 35.5. The summed E-state index contributed by atoms with van der Waals surface area (Å²) in [6, 6.07) is 10.8. The average molecular weight is 357 g/mol. The monoisotopic (exact) mass is 356 g/mol. The molecule has 2 aromatic rings. The minimum atomic E-state index is -3.76. The lowest BCUT2D eigenvalue weighted by Crippen LogP contribution is -2.23. The summed E-state index contributed by atoms with van der Waals surface area (Å²) in [5.74, 6) is -0.366. The maximum absolute atomic E-state index is 13.9. The maximum Gasteiger partial charge on any atom is 0.238 e. The Labute approximate surface area is 140 Å². The molecule has 0 spiro atoms. The van der Waals surface area contributed by atoms with Crippen molar-refractivity contribution in [3.63, 3.8) is 0 Å². The van der Waals surface area contributed by atoms with Crippen LogP contribution in [0.1, 0.15) is 24.1 Å². The third kappa shape index (κ3) is 4.29. The lowest BCUT2D eigenvalue weighted by Gasteiger charge is -2.26. The Bertz CT molecular complexity index is 791. The van der Waals surface area contributed by atoms with E-state index in [0.29, 0.717) is 17.1 Å². The Morgan fingerprint density at radius 2 is 1.91 bits per heavy atom. The van der Waals surface area contributed by atoms with Crippen molar-refractivity contribution < 1.29 is 12.8 Å². The van der Waals surface area contributed by atoms with Crippen LogP contribution in [0, 0.1) is 5.82 Å². The highest BCUT2D eigenvalue weighted by Gasteiger charge is 2.17. The van der Waals surface area contributed by atoms with Crippen LogP contribution >= 0.6 is 11.6 Å². The first-order chi connectivity index (χ1) is 10.7. The summed E-state index contributed by atoms with van der Waals surface area (Å²) in [7, 11) is -1.94. The Hall–Kier alpha value is -1.47. The van der Waals surface area contributed by atoms with Gasteiger partial charge in [-0.1, -0.05) is 29.8 Å². The van der Waals surface area contributed by atoms with E-state index in [-0.39, 0.29) is 16.8 Å². The van der Waals surface area contributed by atoms with Crippen LogP contribution in [0.15, 0.2) is 47.4 Å². The van der Waals surface area contributed by atoms with Gasteiger partial charge in [0.25, 0.3) is 0 Å². The van der Waals surface area contributed by atoms with Crippen LogP contribution < -0.4 is 5.14 Å². The zero-order chi connectivity index (χ0) is 17.2. The van der Waals surface area contributed by atoms with Crippen LogP contribution in [0.25, 0.3) is 0 Å². The van der Waals surface area contributed by atoms with Gasteiger partial charge in [-0.15, -0.1) is 0 Å². The fourth-order valence-corrected chi connectivity index (χ4v) is 3.07. The van der Waals surface area contributed by atoms with Crippen LogP contribution in [0.5, 0.6) is 0 Å². The van der Waals surface area contributed by atoms with Crippen molar-refractivity contribution in [2.45, 2.75) is 24.4 Å². The molecule has 0 fully saturated rings. The molecule has 0 aliphatic heterocycles. The van der Waals surface area contributed by atoms with Gasteiger partial charge in [-0.05, 0) is 43.8 Å². The molecule has 2 aromatic carbocycles. The van der Waals surface area contributed by atoms with E-state index in [1.54, 1.807) is 24.3 Å². The smallest absolute Gasteiger partial charge is 0.238 e. The Kier molecular flexibility index (Phi) is 5.41. The van der Waals surface area contributed by atoms with E-state index in [1.165, 1.54) is 18.2 Å². The summed E-state index contributed by atoms with van der Waals surface area (Å²) in [5, 5.41) is 5.52. The third-order valence-corrected chi connectivity index (χ3v) is 5.06. The number of hydrogen-bond acceptors (Lipinski definition) is 3. The molecule has 4 nitrogen and oxygen atoms in total. The van der Waals surface area contributed by atoms with E-state index in [9.17, 15) is 12.8 Å². The van der Waals surface area contributed by atoms with E-state index in [0.717, 1.165) is 5.56 Å². The van der Waals surface area contributed by atoms with Gasteiger partial charge in [-0.25, -0.2) is 17.9 Å². The van der Waals surface area contributed by atoms with Gasteiger partial charge < -0.3 is 0 Å². The van der Waals surface area contributed by atoms with Gasteiger partial charge in [0.05, 0.1) is 4.90 Å². The first-order valence-corrected chi connectivity index (χ1v) is 8.88. The highest BCUT2D eigenvalue weighted by molar-refractivity contribution is 7.89. The van der Waals surface area contributed by atoms with Crippen LogP contribution in [-0.4, -0.2) is 20.4 Å². The van der Waals surface area contributed by atoms with Crippen molar-refractivity contribution in [3.05, 3.63) is 64.4 Å². The van der Waals surface area contributed by atoms with Crippen molar-refractivity contribution in [1.29, 1.82) is 0 Å². The van der Waals surface area contributed by atoms with E-state index in [2.05, 4.69) is 0 Å². The molecule has 1 unspecified atom stereocenters. The minimum Gasteiger partial charge on any atom is -0.295 e. The zero-order valence-corrected chi connectivity index (χ0v) is 14.4. The van der Waals surface area contributed by atoms with Crippen LogP contribution in [-0.2, 0) is 16.6 Å². The molecular weight excluding hydrogens is 339 g/mol. The van der Waals surface area contributed by atoms with E-state index < -0.39 is 10.0 Å². The van der Waals surface area contributed by atoms with Crippen molar-refractivity contribution in [2.75, 3.05) is 7.05 Å². The predicted octanol–water partition coefficient (Wildman–Crippen LogP) is 3.32. The SMILES string of the molecule is CC(c1cccc(S(N)(=O)=O)c1)N(C)Cc1c(F)cccc1Cl. The first kappa shape index (κ1) is 17.9. The Morgan fingerprint density at radius 3 is 2.52 bits per heavy atom. The second-order valence-electron chi connectivity index (χ2n) is 5.41. The Balaban J connectivity index is 2.25. The lowest BCUT2D eigenvalue weighted by atomic mass is 10.1. The fourth-order valence-electron chi connectivity index (χ4n) is 2.28. The predicted molar refractivity (Wildman–Crippen MR) is 89.1 cm³/mol. The molecule has 0 aliphatic rings. The lowest BCUT2D eigenvalue weighted by molar-refractivity contribution is 0.249. The summed E-state index contributed by atoms with van der Waals surface area (Å²) < 4.78 is 36.8.